The Morgan fingerprint density at radius 1 is 1.08 bits per heavy atom. The fourth-order valence-corrected chi connectivity index (χ4v) is 2.36. The third kappa shape index (κ3) is 5.02. The van der Waals surface area contributed by atoms with E-state index >= 15 is 0 Å². The lowest BCUT2D eigenvalue weighted by Crippen LogP contribution is -2.27. The summed E-state index contributed by atoms with van der Waals surface area (Å²) in [6, 6.07) is 13.5. The predicted octanol–water partition coefficient (Wildman–Crippen LogP) is 3.06. The van der Waals surface area contributed by atoms with Crippen LogP contribution >= 0.6 is 0 Å². The number of likely N-dealkylation sites (N-methyl/N-ethyl adjacent to an activating group) is 1. The highest BCUT2D eigenvalue weighted by Crippen LogP contribution is 2.27. The first kappa shape index (κ1) is 18.4. The highest BCUT2D eigenvalue weighted by atomic mass is 16.5. The number of benzene rings is 2. The van der Waals surface area contributed by atoms with Gasteiger partial charge in [0.25, 0.3) is 5.91 Å². The highest BCUT2D eigenvalue weighted by molar-refractivity contribution is 5.94. The van der Waals surface area contributed by atoms with Crippen LogP contribution < -0.4 is 9.47 Å². The number of hydrogen-bond acceptors (Lipinski definition) is 3. The molecule has 0 fully saturated rings. The first-order chi connectivity index (χ1) is 12.0. The number of aryl methyl sites for hydroxylation is 1. The molecule has 25 heavy (non-hydrogen) atoms. The average Bonchev–Trinajstić information content (AvgIpc) is 2.64. The van der Waals surface area contributed by atoms with Crippen LogP contribution in [0.1, 0.15) is 16.7 Å². The van der Waals surface area contributed by atoms with Crippen LogP contribution in [-0.4, -0.2) is 38.6 Å². The number of rotatable bonds is 5. The molecule has 0 unspecified atom stereocenters. The monoisotopic (exact) mass is 337 g/mol. The Balaban J connectivity index is 1.97. The maximum atomic E-state index is 12.2. The van der Waals surface area contributed by atoms with Gasteiger partial charge in [-0.1, -0.05) is 30.2 Å². The van der Waals surface area contributed by atoms with Crippen LogP contribution in [0.3, 0.4) is 0 Å². The second-order valence-electron chi connectivity index (χ2n) is 5.73. The molecule has 0 aromatic heterocycles. The van der Waals surface area contributed by atoms with Crippen molar-refractivity contribution in [1.29, 1.82) is 0 Å². The zero-order chi connectivity index (χ0) is 18.2. The fraction of sp³-hybridized carbons (Fsp3) is 0.286. The first-order valence-electron chi connectivity index (χ1n) is 8.08. The Labute approximate surface area is 149 Å². The summed E-state index contributed by atoms with van der Waals surface area (Å²) in [5.74, 6) is 6.85. The van der Waals surface area contributed by atoms with Gasteiger partial charge in [0, 0.05) is 25.1 Å². The van der Waals surface area contributed by atoms with Crippen molar-refractivity contribution in [1.82, 2.24) is 4.90 Å². The van der Waals surface area contributed by atoms with Gasteiger partial charge in [-0.25, -0.2) is 0 Å². The number of nitrogens with zero attached hydrogens (tertiary/aromatic N) is 1. The van der Waals surface area contributed by atoms with Gasteiger partial charge in [-0.05, 0) is 42.7 Å². The zero-order valence-electron chi connectivity index (χ0n) is 15.1. The molecule has 0 aliphatic carbocycles. The molecule has 0 aliphatic rings. The standard InChI is InChI=1S/C21H23NO3/c1-16-7-5-6-8-18(16)10-12-21(23)22(2)14-13-17-9-11-19(24-3)20(15-17)25-4/h5-9,11,15H,13-14H2,1-4H3. The van der Waals surface area contributed by atoms with Crippen molar-refractivity contribution in [2.75, 3.05) is 27.8 Å². The lowest BCUT2D eigenvalue weighted by Gasteiger charge is -2.15. The number of methoxy groups -OCH3 is 2. The van der Waals surface area contributed by atoms with Crippen LogP contribution in [-0.2, 0) is 11.2 Å². The van der Waals surface area contributed by atoms with Gasteiger partial charge in [0.2, 0.25) is 0 Å². The van der Waals surface area contributed by atoms with Gasteiger partial charge in [-0.15, -0.1) is 0 Å². The summed E-state index contributed by atoms with van der Waals surface area (Å²) in [5.41, 5.74) is 3.02. The Morgan fingerprint density at radius 3 is 2.48 bits per heavy atom. The molecule has 2 aromatic carbocycles. The lowest BCUT2D eigenvalue weighted by atomic mass is 10.1. The summed E-state index contributed by atoms with van der Waals surface area (Å²) in [5, 5.41) is 0. The van der Waals surface area contributed by atoms with E-state index in [2.05, 4.69) is 11.8 Å². The van der Waals surface area contributed by atoms with Crippen LogP contribution in [0.4, 0.5) is 0 Å². The highest BCUT2D eigenvalue weighted by Gasteiger charge is 2.08. The van der Waals surface area contributed by atoms with Gasteiger partial charge >= 0.3 is 0 Å². The maximum absolute atomic E-state index is 12.2. The molecule has 2 rings (SSSR count). The van der Waals surface area contributed by atoms with E-state index in [0.717, 1.165) is 16.7 Å². The molecule has 0 bridgehead atoms. The van der Waals surface area contributed by atoms with Crippen molar-refractivity contribution in [2.45, 2.75) is 13.3 Å². The number of ether oxygens (including phenoxy) is 2. The molecule has 0 N–H and O–H groups in total. The van der Waals surface area contributed by atoms with E-state index in [4.69, 9.17) is 9.47 Å². The largest absolute Gasteiger partial charge is 0.493 e. The third-order valence-corrected chi connectivity index (χ3v) is 3.98. The molecule has 4 nitrogen and oxygen atoms in total. The van der Waals surface area contributed by atoms with Crippen LogP contribution in [0.25, 0.3) is 0 Å². The molecule has 0 radical (unpaired) electrons. The average molecular weight is 337 g/mol. The molecule has 0 saturated heterocycles. The number of carbonyl (C=O) groups excluding carboxylic acids is 1. The third-order valence-electron chi connectivity index (χ3n) is 3.98. The minimum atomic E-state index is -0.191. The Kier molecular flexibility index (Phi) is 6.47. The molecule has 2 aromatic rings. The van der Waals surface area contributed by atoms with Crippen molar-refractivity contribution in [3.63, 3.8) is 0 Å². The van der Waals surface area contributed by atoms with Crippen molar-refractivity contribution in [3.05, 3.63) is 59.2 Å². The SMILES string of the molecule is COc1ccc(CCN(C)C(=O)C#Cc2ccccc2C)cc1OC. The van der Waals surface area contributed by atoms with E-state index in [0.29, 0.717) is 24.5 Å². The minimum Gasteiger partial charge on any atom is -0.493 e. The predicted molar refractivity (Wildman–Crippen MR) is 98.9 cm³/mol. The van der Waals surface area contributed by atoms with E-state index < -0.39 is 0 Å². The fourth-order valence-electron chi connectivity index (χ4n) is 2.36. The zero-order valence-corrected chi connectivity index (χ0v) is 15.1. The molecule has 4 heteroatoms. The number of hydrogen-bond donors (Lipinski definition) is 0. The van der Waals surface area contributed by atoms with E-state index in [9.17, 15) is 4.79 Å². The quantitative estimate of drug-likeness (QED) is 0.787. The van der Waals surface area contributed by atoms with E-state index in [1.165, 1.54) is 0 Å². The normalized spacial score (nSPS) is 9.76. The summed E-state index contributed by atoms with van der Waals surface area (Å²) < 4.78 is 10.5. The summed E-state index contributed by atoms with van der Waals surface area (Å²) in [6.07, 6.45) is 0.717. The summed E-state index contributed by atoms with van der Waals surface area (Å²) in [4.78, 5) is 13.8. The van der Waals surface area contributed by atoms with Gasteiger partial charge in [0.05, 0.1) is 14.2 Å². The van der Waals surface area contributed by atoms with Gasteiger partial charge in [-0.2, -0.15) is 0 Å². The summed E-state index contributed by atoms with van der Waals surface area (Å²) in [6.45, 7) is 2.56. The molecule has 0 aliphatic heterocycles. The number of carbonyl (C=O) groups is 1. The second-order valence-corrected chi connectivity index (χ2v) is 5.73. The van der Waals surface area contributed by atoms with E-state index in [1.54, 1.807) is 26.2 Å². The smallest absolute Gasteiger partial charge is 0.298 e. The number of amides is 1. The lowest BCUT2D eigenvalue weighted by molar-refractivity contribution is -0.123. The molecular formula is C21H23NO3. The second kappa shape index (κ2) is 8.79. The van der Waals surface area contributed by atoms with Crippen molar-refractivity contribution < 1.29 is 14.3 Å². The molecule has 0 heterocycles. The minimum absolute atomic E-state index is 0.191. The van der Waals surface area contributed by atoms with Crippen LogP contribution in [0.2, 0.25) is 0 Å². The maximum Gasteiger partial charge on any atom is 0.298 e. The van der Waals surface area contributed by atoms with Gasteiger partial charge < -0.3 is 14.4 Å². The molecule has 0 atom stereocenters. The van der Waals surface area contributed by atoms with Crippen LogP contribution in [0.5, 0.6) is 11.5 Å². The summed E-state index contributed by atoms with van der Waals surface area (Å²) in [7, 11) is 4.98. The van der Waals surface area contributed by atoms with Gasteiger partial charge in [0.1, 0.15) is 0 Å². The Hall–Kier alpha value is -2.93. The van der Waals surface area contributed by atoms with Crippen LogP contribution in [0, 0.1) is 18.8 Å². The topological polar surface area (TPSA) is 38.8 Å². The van der Waals surface area contributed by atoms with Crippen molar-refractivity contribution in [2.24, 2.45) is 0 Å². The van der Waals surface area contributed by atoms with Crippen LogP contribution in [0.15, 0.2) is 42.5 Å². The molecule has 130 valence electrons. The van der Waals surface area contributed by atoms with Crippen molar-refractivity contribution in [3.8, 4) is 23.3 Å². The molecule has 0 saturated carbocycles. The summed E-state index contributed by atoms with van der Waals surface area (Å²) >= 11 is 0. The molecular weight excluding hydrogens is 314 g/mol. The Bertz CT molecular complexity index is 802. The van der Waals surface area contributed by atoms with E-state index in [1.807, 2.05) is 49.4 Å². The van der Waals surface area contributed by atoms with Gasteiger partial charge in [-0.3, -0.25) is 4.79 Å². The van der Waals surface area contributed by atoms with Gasteiger partial charge in [0.15, 0.2) is 11.5 Å². The van der Waals surface area contributed by atoms with Crippen molar-refractivity contribution >= 4 is 5.91 Å². The molecule has 0 spiro atoms. The first-order valence-corrected chi connectivity index (χ1v) is 8.08. The Morgan fingerprint density at radius 2 is 1.80 bits per heavy atom. The van der Waals surface area contributed by atoms with E-state index in [-0.39, 0.29) is 5.91 Å². The molecule has 1 amide bonds.